The zero-order chi connectivity index (χ0) is 12.4. The van der Waals surface area contributed by atoms with Crippen molar-refractivity contribution in [2.24, 2.45) is 7.05 Å². The molecular formula is C13H17N3O. The van der Waals surface area contributed by atoms with E-state index in [-0.39, 0.29) is 5.75 Å². The number of anilines is 1. The number of aryl methyl sites for hydroxylation is 2. The van der Waals surface area contributed by atoms with Crippen LogP contribution >= 0.6 is 0 Å². The van der Waals surface area contributed by atoms with E-state index >= 15 is 0 Å². The number of hydrogen-bond acceptors (Lipinski definition) is 3. The van der Waals surface area contributed by atoms with Crippen LogP contribution in [-0.4, -0.2) is 14.9 Å². The Kier molecular flexibility index (Phi) is 3.04. The third-order valence-electron chi connectivity index (χ3n) is 2.97. The molecule has 0 atom stereocenters. The number of phenols is 1. The zero-order valence-corrected chi connectivity index (χ0v) is 10.4. The summed E-state index contributed by atoms with van der Waals surface area (Å²) in [6, 6.07) is 7.12. The molecule has 1 heterocycles. The topological polar surface area (TPSA) is 50.1 Å². The number of aromatic nitrogens is 2. The number of aromatic hydroxyl groups is 1. The molecular weight excluding hydrogens is 214 g/mol. The highest BCUT2D eigenvalue weighted by molar-refractivity contribution is 5.48. The van der Waals surface area contributed by atoms with E-state index in [9.17, 15) is 5.11 Å². The van der Waals surface area contributed by atoms with Gasteiger partial charge in [0, 0.05) is 36.6 Å². The highest BCUT2D eigenvalue weighted by Crippen LogP contribution is 2.18. The first kappa shape index (κ1) is 11.5. The molecule has 0 unspecified atom stereocenters. The predicted molar refractivity (Wildman–Crippen MR) is 68.1 cm³/mol. The lowest BCUT2D eigenvalue weighted by molar-refractivity contribution is 0.475. The first-order chi connectivity index (χ1) is 8.08. The van der Waals surface area contributed by atoms with E-state index in [4.69, 9.17) is 0 Å². The van der Waals surface area contributed by atoms with Crippen molar-refractivity contribution < 1.29 is 5.11 Å². The molecule has 0 bridgehead atoms. The summed E-state index contributed by atoms with van der Waals surface area (Å²) >= 11 is 0. The Balaban J connectivity index is 2.12. The fraction of sp³-hybridized carbons (Fsp3) is 0.308. The van der Waals surface area contributed by atoms with E-state index in [0.717, 1.165) is 23.6 Å². The maximum atomic E-state index is 9.37. The van der Waals surface area contributed by atoms with Gasteiger partial charge in [-0.15, -0.1) is 0 Å². The molecule has 0 radical (unpaired) electrons. The Bertz CT molecular complexity index is 531. The highest BCUT2D eigenvalue weighted by atomic mass is 16.3. The summed E-state index contributed by atoms with van der Waals surface area (Å²) in [5.41, 5.74) is 4.32. The number of nitrogens with zero attached hydrogens (tertiary/aromatic N) is 2. The molecule has 0 aliphatic carbocycles. The van der Waals surface area contributed by atoms with Crippen molar-refractivity contribution in [2.45, 2.75) is 20.4 Å². The number of phenolic OH excluding ortho intramolecular Hbond substituents is 1. The summed E-state index contributed by atoms with van der Waals surface area (Å²) in [6.07, 6.45) is 0. The summed E-state index contributed by atoms with van der Waals surface area (Å²) in [4.78, 5) is 0. The quantitative estimate of drug-likeness (QED) is 0.852. The van der Waals surface area contributed by atoms with Crippen LogP contribution in [0.5, 0.6) is 5.75 Å². The number of benzene rings is 1. The molecule has 90 valence electrons. The van der Waals surface area contributed by atoms with Crippen LogP contribution in [0.4, 0.5) is 5.69 Å². The van der Waals surface area contributed by atoms with Crippen molar-refractivity contribution in [3.8, 4) is 5.75 Å². The standard InChI is InChI=1S/C13H17N3O/c1-9-13(10(2)16(3)15-9)8-14-11-5-4-6-12(17)7-11/h4-7,14,17H,8H2,1-3H3. The zero-order valence-electron chi connectivity index (χ0n) is 10.4. The molecule has 4 nitrogen and oxygen atoms in total. The van der Waals surface area contributed by atoms with E-state index in [0.29, 0.717) is 0 Å². The highest BCUT2D eigenvalue weighted by Gasteiger charge is 2.08. The Morgan fingerprint density at radius 2 is 2.12 bits per heavy atom. The van der Waals surface area contributed by atoms with Crippen molar-refractivity contribution in [1.29, 1.82) is 0 Å². The van der Waals surface area contributed by atoms with Crippen LogP contribution in [0.3, 0.4) is 0 Å². The summed E-state index contributed by atoms with van der Waals surface area (Å²) in [7, 11) is 1.94. The largest absolute Gasteiger partial charge is 0.508 e. The van der Waals surface area contributed by atoms with Gasteiger partial charge in [0.1, 0.15) is 5.75 Å². The average Bonchev–Trinajstić information content (AvgIpc) is 2.51. The van der Waals surface area contributed by atoms with Gasteiger partial charge in [-0.1, -0.05) is 6.07 Å². The molecule has 0 amide bonds. The minimum Gasteiger partial charge on any atom is -0.508 e. The third kappa shape index (κ3) is 2.41. The molecule has 2 rings (SSSR count). The van der Waals surface area contributed by atoms with Gasteiger partial charge in [-0.2, -0.15) is 5.10 Å². The van der Waals surface area contributed by atoms with Gasteiger partial charge in [-0.25, -0.2) is 0 Å². The summed E-state index contributed by atoms with van der Waals surface area (Å²) < 4.78 is 1.88. The summed E-state index contributed by atoms with van der Waals surface area (Å²) in [6.45, 7) is 4.78. The van der Waals surface area contributed by atoms with Crippen LogP contribution in [0.2, 0.25) is 0 Å². The molecule has 4 heteroatoms. The maximum Gasteiger partial charge on any atom is 0.117 e. The molecule has 2 N–H and O–H groups in total. The summed E-state index contributed by atoms with van der Waals surface area (Å²) in [5, 5.41) is 17.0. The van der Waals surface area contributed by atoms with Crippen LogP contribution in [0.25, 0.3) is 0 Å². The lowest BCUT2D eigenvalue weighted by atomic mass is 10.2. The van der Waals surface area contributed by atoms with E-state index in [2.05, 4.69) is 17.3 Å². The fourth-order valence-electron chi connectivity index (χ4n) is 1.88. The van der Waals surface area contributed by atoms with Gasteiger partial charge in [0.2, 0.25) is 0 Å². The molecule has 0 aliphatic rings. The lowest BCUT2D eigenvalue weighted by Gasteiger charge is -2.07. The Labute approximate surface area is 101 Å². The molecule has 0 aliphatic heterocycles. The monoisotopic (exact) mass is 231 g/mol. The van der Waals surface area contributed by atoms with Crippen LogP contribution in [0.1, 0.15) is 17.0 Å². The van der Waals surface area contributed by atoms with Gasteiger partial charge >= 0.3 is 0 Å². The van der Waals surface area contributed by atoms with Crippen molar-refractivity contribution in [3.63, 3.8) is 0 Å². The predicted octanol–water partition coefficient (Wildman–Crippen LogP) is 2.35. The molecule has 0 saturated heterocycles. The van der Waals surface area contributed by atoms with E-state index < -0.39 is 0 Å². The van der Waals surface area contributed by atoms with Gasteiger partial charge in [0.25, 0.3) is 0 Å². The van der Waals surface area contributed by atoms with Crippen LogP contribution in [-0.2, 0) is 13.6 Å². The lowest BCUT2D eigenvalue weighted by Crippen LogP contribution is -2.02. The van der Waals surface area contributed by atoms with Gasteiger partial charge in [-0.05, 0) is 26.0 Å². The Morgan fingerprint density at radius 3 is 2.71 bits per heavy atom. The van der Waals surface area contributed by atoms with E-state index in [1.54, 1.807) is 12.1 Å². The molecule has 17 heavy (non-hydrogen) atoms. The van der Waals surface area contributed by atoms with E-state index in [1.807, 2.05) is 30.8 Å². The molecule has 0 spiro atoms. The average molecular weight is 231 g/mol. The first-order valence-corrected chi connectivity index (χ1v) is 5.60. The minimum atomic E-state index is 0.273. The van der Waals surface area contributed by atoms with Crippen LogP contribution < -0.4 is 5.32 Å². The summed E-state index contributed by atoms with van der Waals surface area (Å²) in [5.74, 6) is 0.273. The fourth-order valence-corrected chi connectivity index (χ4v) is 1.88. The van der Waals surface area contributed by atoms with Crippen molar-refractivity contribution in [1.82, 2.24) is 9.78 Å². The Hall–Kier alpha value is -1.97. The molecule has 1 aromatic heterocycles. The first-order valence-electron chi connectivity index (χ1n) is 5.60. The second-order valence-corrected chi connectivity index (χ2v) is 4.18. The number of nitrogens with one attached hydrogen (secondary N) is 1. The molecule has 1 aromatic carbocycles. The third-order valence-corrected chi connectivity index (χ3v) is 2.97. The molecule has 0 fully saturated rings. The van der Waals surface area contributed by atoms with E-state index in [1.165, 1.54) is 5.56 Å². The van der Waals surface area contributed by atoms with Crippen LogP contribution in [0, 0.1) is 13.8 Å². The number of rotatable bonds is 3. The molecule has 2 aromatic rings. The second kappa shape index (κ2) is 4.49. The Morgan fingerprint density at radius 1 is 1.35 bits per heavy atom. The van der Waals surface area contributed by atoms with Crippen molar-refractivity contribution in [3.05, 3.63) is 41.2 Å². The minimum absolute atomic E-state index is 0.273. The van der Waals surface area contributed by atoms with Gasteiger partial charge in [-0.3, -0.25) is 4.68 Å². The van der Waals surface area contributed by atoms with Gasteiger partial charge in [0.15, 0.2) is 0 Å². The molecule has 0 saturated carbocycles. The smallest absolute Gasteiger partial charge is 0.117 e. The normalized spacial score (nSPS) is 10.5. The maximum absolute atomic E-state index is 9.37. The van der Waals surface area contributed by atoms with Crippen molar-refractivity contribution >= 4 is 5.69 Å². The van der Waals surface area contributed by atoms with Crippen LogP contribution in [0.15, 0.2) is 24.3 Å². The van der Waals surface area contributed by atoms with Crippen molar-refractivity contribution in [2.75, 3.05) is 5.32 Å². The SMILES string of the molecule is Cc1nn(C)c(C)c1CNc1cccc(O)c1. The second-order valence-electron chi connectivity index (χ2n) is 4.18. The van der Waals surface area contributed by atoms with Gasteiger partial charge < -0.3 is 10.4 Å². The van der Waals surface area contributed by atoms with Gasteiger partial charge in [0.05, 0.1) is 5.69 Å². The number of hydrogen-bond donors (Lipinski definition) is 2.